The van der Waals surface area contributed by atoms with Gasteiger partial charge in [0.25, 0.3) is 0 Å². The van der Waals surface area contributed by atoms with E-state index >= 15 is 0 Å². The van der Waals surface area contributed by atoms with Gasteiger partial charge in [0.05, 0.1) is 7.11 Å². The van der Waals surface area contributed by atoms with Gasteiger partial charge in [-0.15, -0.1) is 0 Å². The third-order valence-electron chi connectivity index (χ3n) is 4.04. The first-order valence-electron chi connectivity index (χ1n) is 10.4. The third-order valence-corrected chi connectivity index (χ3v) is 4.04. The van der Waals surface area contributed by atoms with Crippen LogP contribution in [0.4, 0.5) is 9.59 Å². The topological polar surface area (TPSA) is 132 Å². The highest BCUT2D eigenvalue weighted by Crippen LogP contribution is 2.07. The number of amides is 3. The number of ether oxygens (including phenoxy) is 3. The molecular formula is C22H33N3O7. The second-order valence-electron chi connectivity index (χ2n) is 7.98. The molecule has 0 saturated carbocycles. The van der Waals surface area contributed by atoms with Crippen molar-refractivity contribution in [2.45, 2.75) is 58.3 Å². The standard InChI is InChI=1S/C22H33N3O7/c1-22(2,3)32-20(28)23-13-9-8-12-17(19(27)24-14-18(26)30-4)25-21(29)31-15-16-10-6-5-7-11-16/h5-7,10-11,17H,8-9,12-15H2,1-4H3,(H,23,28)(H,24,27)(H,25,29)/t17-/m0/s1. The lowest BCUT2D eigenvalue weighted by Crippen LogP contribution is -2.48. The van der Waals surface area contributed by atoms with E-state index in [1.54, 1.807) is 20.8 Å². The zero-order valence-electron chi connectivity index (χ0n) is 19.1. The number of rotatable bonds is 11. The largest absolute Gasteiger partial charge is 0.468 e. The molecule has 10 nitrogen and oxygen atoms in total. The zero-order chi connectivity index (χ0) is 24.0. The summed E-state index contributed by atoms with van der Waals surface area (Å²) in [6.07, 6.45) is 0.0846. The van der Waals surface area contributed by atoms with Crippen LogP contribution in [0.3, 0.4) is 0 Å². The van der Waals surface area contributed by atoms with Gasteiger partial charge in [-0.3, -0.25) is 9.59 Å². The predicted octanol–water partition coefficient (Wildman–Crippen LogP) is 2.27. The number of carbonyl (C=O) groups is 4. The fourth-order valence-corrected chi connectivity index (χ4v) is 2.51. The normalized spacial score (nSPS) is 11.6. The molecule has 1 rings (SSSR count). The minimum Gasteiger partial charge on any atom is -0.468 e. The van der Waals surface area contributed by atoms with Crippen LogP contribution in [0.25, 0.3) is 0 Å². The molecule has 0 aliphatic rings. The van der Waals surface area contributed by atoms with E-state index in [0.717, 1.165) is 5.56 Å². The Bertz CT molecular complexity index is 748. The van der Waals surface area contributed by atoms with Crippen LogP contribution in [0, 0.1) is 0 Å². The smallest absolute Gasteiger partial charge is 0.408 e. The fraction of sp³-hybridized carbons (Fsp3) is 0.545. The maximum atomic E-state index is 12.4. The first-order chi connectivity index (χ1) is 15.1. The fourth-order valence-electron chi connectivity index (χ4n) is 2.51. The number of esters is 1. The van der Waals surface area contributed by atoms with Gasteiger partial charge in [-0.2, -0.15) is 0 Å². The Labute approximate surface area is 188 Å². The average molecular weight is 452 g/mol. The Morgan fingerprint density at radius 3 is 2.28 bits per heavy atom. The number of alkyl carbamates (subject to hydrolysis) is 2. The second kappa shape index (κ2) is 13.9. The summed E-state index contributed by atoms with van der Waals surface area (Å²) in [6, 6.07) is 8.21. The van der Waals surface area contributed by atoms with Gasteiger partial charge in [0, 0.05) is 6.54 Å². The molecule has 0 bridgehead atoms. The Morgan fingerprint density at radius 2 is 1.66 bits per heavy atom. The monoisotopic (exact) mass is 451 g/mol. The summed E-state index contributed by atoms with van der Waals surface area (Å²) in [6.45, 7) is 5.41. The van der Waals surface area contributed by atoms with Crippen LogP contribution in [-0.4, -0.2) is 55.9 Å². The van der Waals surface area contributed by atoms with Gasteiger partial charge < -0.3 is 30.2 Å². The van der Waals surface area contributed by atoms with E-state index in [-0.39, 0.29) is 19.6 Å². The molecule has 0 heterocycles. The Balaban J connectivity index is 2.50. The average Bonchev–Trinajstić information content (AvgIpc) is 2.74. The van der Waals surface area contributed by atoms with Crippen molar-refractivity contribution in [3.63, 3.8) is 0 Å². The number of hydrogen-bond donors (Lipinski definition) is 3. The van der Waals surface area contributed by atoms with Crippen LogP contribution < -0.4 is 16.0 Å². The predicted molar refractivity (Wildman–Crippen MR) is 117 cm³/mol. The summed E-state index contributed by atoms with van der Waals surface area (Å²) in [5.74, 6) is -1.14. The molecule has 0 saturated heterocycles. The zero-order valence-corrected chi connectivity index (χ0v) is 19.1. The molecule has 10 heteroatoms. The molecular weight excluding hydrogens is 418 g/mol. The van der Waals surface area contributed by atoms with Crippen molar-refractivity contribution in [1.82, 2.24) is 16.0 Å². The van der Waals surface area contributed by atoms with Gasteiger partial charge in [-0.25, -0.2) is 9.59 Å². The number of benzene rings is 1. The lowest BCUT2D eigenvalue weighted by molar-refractivity contribution is -0.141. The molecule has 1 aromatic carbocycles. The summed E-state index contributed by atoms with van der Waals surface area (Å²) >= 11 is 0. The first-order valence-corrected chi connectivity index (χ1v) is 10.4. The summed E-state index contributed by atoms with van der Waals surface area (Å²) in [5, 5.41) is 7.58. The minimum atomic E-state index is -0.913. The van der Waals surface area contributed by atoms with Gasteiger partial charge in [-0.05, 0) is 45.6 Å². The van der Waals surface area contributed by atoms with Crippen molar-refractivity contribution in [3.05, 3.63) is 35.9 Å². The van der Waals surface area contributed by atoms with Crippen molar-refractivity contribution in [1.29, 1.82) is 0 Å². The lowest BCUT2D eigenvalue weighted by atomic mass is 10.1. The molecule has 0 aromatic heterocycles. The van der Waals surface area contributed by atoms with E-state index in [2.05, 4.69) is 20.7 Å². The van der Waals surface area contributed by atoms with Crippen molar-refractivity contribution < 1.29 is 33.4 Å². The number of hydrogen-bond acceptors (Lipinski definition) is 7. The number of unbranched alkanes of at least 4 members (excludes halogenated alkanes) is 1. The molecule has 1 atom stereocenters. The summed E-state index contributed by atoms with van der Waals surface area (Å²) < 4.78 is 14.8. The van der Waals surface area contributed by atoms with Crippen molar-refractivity contribution in [3.8, 4) is 0 Å². The Kier molecular flexibility index (Phi) is 11.6. The summed E-state index contributed by atoms with van der Waals surface area (Å²) in [4.78, 5) is 47.5. The van der Waals surface area contributed by atoms with Gasteiger partial charge in [0.1, 0.15) is 24.8 Å². The molecule has 1 aromatic rings. The van der Waals surface area contributed by atoms with Gasteiger partial charge >= 0.3 is 18.2 Å². The van der Waals surface area contributed by atoms with E-state index in [4.69, 9.17) is 9.47 Å². The number of methoxy groups -OCH3 is 1. The highest BCUT2D eigenvalue weighted by Gasteiger charge is 2.22. The van der Waals surface area contributed by atoms with Gasteiger partial charge in [-0.1, -0.05) is 30.3 Å². The molecule has 0 unspecified atom stereocenters. The van der Waals surface area contributed by atoms with Crippen molar-refractivity contribution in [2.75, 3.05) is 20.2 Å². The van der Waals surface area contributed by atoms with E-state index in [1.807, 2.05) is 30.3 Å². The highest BCUT2D eigenvalue weighted by molar-refractivity contribution is 5.88. The van der Waals surface area contributed by atoms with Gasteiger partial charge in [0.2, 0.25) is 5.91 Å². The van der Waals surface area contributed by atoms with Crippen LogP contribution in [0.2, 0.25) is 0 Å². The van der Waals surface area contributed by atoms with E-state index in [9.17, 15) is 19.2 Å². The summed E-state index contributed by atoms with van der Waals surface area (Å²) in [5.41, 5.74) is 0.222. The molecule has 0 spiro atoms. The maximum absolute atomic E-state index is 12.4. The first kappa shape index (κ1) is 26.7. The van der Waals surface area contributed by atoms with E-state index < -0.39 is 35.7 Å². The van der Waals surface area contributed by atoms with E-state index in [0.29, 0.717) is 19.4 Å². The molecule has 0 aliphatic heterocycles. The maximum Gasteiger partial charge on any atom is 0.408 e. The molecule has 178 valence electrons. The summed E-state index contributed by atoms with van der Waals surface area (Å²) in [7, 11) is 1.21. The number of carbonyl (C=O) groups excluding carboxylic acids is 4. The SMILES string of the molecule is COC(=O)CNC(=O)[C@H](CCCCNC(=O)OC(C)(C)C)NC(=O)OCc1ccccc1. The Hall–Kier alpha value is -3.30. The van der Waals surface area contributed by atoms with Crippen LogP contribution in [0.5, 0.6) is 0 Å². The molecule has 32 heavy (non-hydrogen) atoms. The van der Waals surface area contributed by atoms with Crippen molar-refractivity contribution in [2.24, 2.45) is 0 Å². The van der Waals surface area contributed by atoms with Gasteiger partial charge in [0.15, 0.2) is 0 Å². The van der Waals surface area contributed by atoms with Crippen molar-refractivity contribution >= 4 is 24.1 Å². The quantitative estimate of drug-likeness (QED) is 0.267. The highest BCUT2D eigenvalue weighted by atomic mass is 16.6. The Morgan fingerprint density at radius 1 is 0.969 bits per heavy atom. The van der Waals surface area contributed by atoms with E-state index in [1.165, 1.54) is 7.11 Å². The molecule has 3 amide bonds. The third kappa shape index (κ3) is 12.4. The van der Waals surface area contributed by atoms with Crippen LogP contribution in [-0.2, 0) is 30.4 Å². The number of nitrogens with one attached hydrogen (secondary N) is 3. The lowest BCUT2D eigenvalue weighted by Gasteiger charge is -2.20. The molecule has 0 radical (unpaired) electrons. The van der Waals surface area contributed by atoms with Crippen LogP contribution >= 0.6 is 0 Å². The van der Waals surface area contributed by atoms with Crippen LogP contribution in [0.15, 0.2) is 30.3 Å². The minimum absolute atomic E-state index is 0.0585. The second-order valence-corrected chi connectivity index (χ2v) is 7.98. The van der Waals surface area contributed by atoms with Crippen LogP contribution in [0.1, 0.15) is 45.6 Å². The molecule has 0 fully saturated rings. The molecule has 3 N–H and O–H groups in total. The molecule has 0 aliphatic carbocycles.